The van der Waals surface area contributed by atoms with Crippen LogP contribution in [0.1, 0.15) is 24.6 Å². The van der Waals surface area contributed by atoms with Crippen molar-refractivity contribution in [1.82, 2.24) is 25.1 Å². The summed E-state index contributed by atoms with van der Waals surface area (Å²) < 4.78 is 5.22. The number of benzene rings is 1. The van der Waals surface area contributed by atoms with Gasteiger partial charge in [-0.1, -0.05) is 30.3 Å². The molecule has 8 heteroatoms. The third-order valence-corrected chi connectivity index (χ3v) is 4.91. The molecule has 7 nitrogen and oxygen atoms in total. The van der Waals surface area contributed by atoms with E-state index in [0.29, 0.717) is 12.4 Å². The van der Waals surface area contributed by atoms with E-state index in [4.69, 9.17) is 9.72 Å². The Morgan fingerprint density at radius 1 is 1.23 bits per heavy atom. The van der Waals surface area contributed by atoms with Gasteiger partial charge in [-0.3, -0.25) is 5.10 Å². The van der Waals surface area contributed by atoms with Gasteiger partial charge in [-0.15, -0.1) is 11.3 Å². The van der Waals surface area contributed by atoms with Crippen molar-refractivity contribution in [3.05, 3.63) is 53.7 Å². The summed E-state index contributed by atoms with van der Waals surface area (Å²) >= 11 is 1.61. The minimum absolute atomic E-state index is 0.0745. The van der Waals surface area contributed by atoms with E-state index in [1.165, 1.54) is 6.33 Å². The molecule has 0 radical (unpaired) electrons. The van der Waals surface area contributed by atoms with E-state index in [-0.39, 0.29) is 6.04 Å². The Hall–Kier alpha value is -2.84. The minimum atomic E-state index is -0.0745. The van der Waals surface area contributed by atoms with Crippen molar-refractivity contribution < 1.29 is 4.74 Å². The Morgan fingerprint density at radius 3 is 2.81 bits per heavy atom. The van der Waals surface area contributed by atoms with Gasteiger partial charge in [0.2, 0.25) is 0 Å². The highest BCUT2D eigenvalue weighted by Crippen LogP contribution is 2.37. The zero-order valence-corrected chi connectivity index (χ0v) is 15.2. The molecular weight excluding hydrogens is 348 g/mol. The average molecular weight is 366 g/mol. The highest BCUT2D eigenvalue weighted by atomic mass is 32.1. The second-order valence-corrected chi connectivity index (χ2v) is 6.71. The molecule has 0 saturated heterocycles. The lowest BCUT2D eigenvalue weighted by Crippen LogP contribution is -2.11. The smallest absolute Gasteiger partial charge is 0.158 e. The molecule has 4 rings (SSSR count). The van der Waals surface area contributed by atoms with Gasteiger partial charge in [0.1, 0.15) is 29.4 Å². The molecule has 2 N–H and O–H groups in total. The SMILES string of the molecule is COCc1nc(N[C@@H](C)c2ncn[nH]2)c2c(-c3ccccc3)csc2n1. The van der Waals surface area contributed by atoms with Crippen LogP contribution < -0.4 is 5.32 Å². The number of aromatic nitrogens is 5. The molecule has 0 bridgehead atoms. The van der Waals surface area contributed by atoms with Crippen LogP contribution in [0.3, 0.4) is 0 Å². The number of H-pyrrole nitrogens is 1. The molecule has 0 aliphatic carbocycles. The lowest BCUT2D eigenvalue weighted by molar-refractivity contribution is 0.178. The highest BCUT2D eigenvalue weighted by molar-refractivity contribution is 7.17. The fraction of sp³-hybridized carbons (Fsp3) is 0.222. The second kappa shape index (κ2) is 7.19. The van der Waals surface area contributed by atoms with Crippen LogP contribution in [0.15, 0.2) is 42.0 Å². The minimum Gasteiger partial charge on any atom is -0.377 e. The van der Waals surface area contributed by atoms with Crippen molar-refractivity contribution in [3.8, 4) is 11.1 Å². The fourth-order valence-electron chi connectivity index (χ4n) is 2.81. The topological polar surface area (TPSA) is 88.6 Å². The number of fused-ring (bicyclic) bond motifs is 1. The van der Waals surface area contributed by atoms with E-state index in [1.807, 2.05) is 25.1 Å². The second-order valence-electron chi connectivity index (χ2n) is 5.85. The fourth-order valence-corrected chi connectivity index (χ4v) is 3.78. The summed E-state index contributed by atoms with van der Waals surface area (Å²) in [5.74, 6) is 2.17. The van der Waals surface area contributed by atoms with E-state index in [2.05, 4.69) is 43.0 Å². The van der Waals surface area contributed by atoms with Gasteiger partial charge < -0.3 is 10.1 Å². The maximum Gasteiger partial charge on any atom is 0.158 e. The molecule has 0 fully saturated rings. The number of ether oxygens (including phenoxy) is 1. The van der Waals surface area contributed by atoms with Crippen LogP contribution in [-0.2, 0) is 11.3 Å². The van der Waals surface area contributed by atoms with Crippen LogP contribution in [0.2, 0.25) is 0 Å². The van der Waals surface area contributed by atoms with E-state index in [1.54, 1.807) is 18.4 Å². The van der Waals surface area contributed by atoms with Crippen molar-refractivity contribution >= 4 is 27.4 Å². The standard InChI is InChI=1S/C18H18N6OS/c1-11(16-19-10-20-24-16)21-17-15-13(12-6-4-3-5-7-12)9-26-18(15)23-14(22-17)8-25-2/h3-7,9-11H,8H2,1-2H3,(H,19,20,24)(H,21,22,23)/t11-/m0/s1. The molecule has 26 heavy (non-hydrogen) atoms. The molecule has 0 saturated carbocycles. The van der Waals surface area contributed by atoms with Gasteiger partial charge in [-0.25, -0.2) is 15.0 Å². The summed E-state index contributed by atoms with van der Waals surface area (Å²) in [4.78, 5) is 14.5. The molecule has 0 unspecified atom stereocenters. The number of hydrogen-bond donors (Lipinski definition) is 2. The first-order valence-corrected chi connectivity index (χ1v) is 9.08. The van der Waals surface area contributed by atoms with Crippen molar-refractivity contribution in [2.24, 2.45) is 0 Å². The zero-order valence-electron chi connectivity index (χ0n) is 14.4. The molecule has 0 aliphatic rings. The quantitative estimate of drug-likeness (QED) is 0.540. The first kappa shape index (κ1) is 16.6. The van der Waals surface area contributed by atoms with Crippen molar-refractivity contribution in [3.63, 3.8) is 0 Å². The van der Waals surface area contributed by atoms with Crippen molar-refractivity contribution in [2.45, 2.75) is 19.6 Å². The van der Waals surface area contributed by atoms with Crippen LogP contribution in [0.4, 0.5) is 5.82 Å². The summed E-state index contributed by atoms with van der Waals surface area (Å²) in [6.07, 6.45) is 1.50. The molecule has 3 aromatic heterocycles. The Morgan fingerprint density at radius 2 is 2.08 bits per heavy atom. The first-order valence-electron chi connectivity index (χ1n) is 8.20. The summed E-state index contributed by atoms with van der Waals surface area (Å²) in [7, 11) is 1.64. The first-order chi connectivity index (χ1) is 12.8. The maximum absolute atomic E-state index is 5.22. The van der Waals surface area contributed by atoms with E-state index in [9.17, 15) is 0 Å². The van der Waals surface area contributed by atoms with Crippen LogP contribution in [-0.4, -0.2) is 32.3 Å². The number of nitrogens with zero attached hydrogens (tertiary/aromatic N) is 4. The molecule has 3 heterocycles. The predicted molar refractivity (Wildman–Crippen MR) is 102 cm³/mol. The van der Waals surface area contributed by atoms with Gasteiger partial charge >= 0.3 is 0 Å². The largest absolute Gasteiger partial charge is 0.377 e. The lowest BCUT2D eigenvalue weighted by atomic mass is 10.1. The number of rotatable bonds is 6. The normalized spacial score (nSPS) is 12.4. The summed E-state index contributed by atoms with van der Waals surface area (Å²) in [6.45, 7) is 2.37. The molecule has 0 aliphatic heterocycles. The number of anilines is 1. The van der Waals surface area contributed by atoms with Gasteiger partial charge in [0, 0.05) is 18.1 Å². The van der Waals surface area contributed by atoms with E-state index < -0.39 is 0 Å². The van der Waals surface area contributed by atoms with Crippen LogP contribution in [0.25, 0.3) is 21.3 Å². The van der Waals surface area contributed by atoms with E-state index >= 15 is 0 Å². The van der Waals surface area contributed by atoms with Crippen LogP contribution in [0.5, 0.6) is 0 Å². The molecule has 132 valence electrons. The number of nitrogens with one attached hydrogen (secondary N) is 2. The number of thiophene rings is 1. The van der Waals surface area contributed by atoms with Crippen molar-refractivity contribution in [2.75, 3.05) is 12.4 Å². The molecular formula is C18H18N6OS. The Balaban J connectivity index is 1.83. The molecule has 0 spiro atoms. The summed E-state index contributed by atoms with van der Waals surface area (Å²) in [5.41, 5.74) is 2.25. The number of hydrogen-bond acceptors (Lipinski definition) is 7. The summed E-state index contributed by atoms with van der Waals surface area (Å²) in [5, 5.41) is 13.4. The Bertz CT molecular complexity index is 999. The number of methoxy groups -OCH3 is 1. The predicted octanol–water partition coefficient (Wildman–Crippen LogP) is 3.80. The monoisotopic (exact) mass is 366 g/mol. The van der Waals surface area contributed by atoms with Gasteiger partial charge in [0.15, 0.2) is 5.82 Å². The average Bonchev–Trinajstić information content (AvgIpc) is 3.33. The van der Waals surface area contributed by atoms with Gasteiger partial charge in [0.25, 0.3) is 0 Å². The zero-order chi connectivity index (χ0) is 17.9. The number of aromatic amines is 1. The molecule has 1 aromatic carbocycles. The third kappa shape index (κ3) is 3.16. The van der Waals surface area contributed by atoms with Crippen LogP contribution >= 0.6 is 11.3 Å². The van der Waals surface area contributed by atoms with Crippen molar-refractivity contribution in [1.29, 1.82) is 0 Å². The maximum atomic E-state index is 5.22. The highest BCUT2D eigenvalue weighted by Gasteiger charge is 2.18. The van der Waals surface area contributed by atoms with Crippen LogP contribution in [0, 0.1) is 0 Å². The third-order valence-electron chi connectivity index (χ3n) is 4.04. The molecule has 0 amide bonds. The molecule has 1 atom stereocenters. The Labute approximate surface area is 154 Å². The summed E-state index contributed by atoms with van der Waals surface area (Å²) in [6, 6.07) is 10.2. The molecule has 4 aromatic rings. The van der Waals surface area contributed by atoms with Gasteiger partial charge in [0.05, 0.1) is 11.4 Å². The van der Waals surface area contributed by atoms with E-state index in [0.717, 1.165) is 33.0 Å². The van der Waals surface area contributed by atoms with Gasteiger partial charge in [-0.2, -0.15) is 5.10 Å². The van der Waals surface area contributed by atoms with Gasteiger partial charge in [-0.05, 0) is 12.5 Å². The Kier molecular flexibility index (Phi) is 4.59. The lowest BCUT2D eigenvalue weighted by Gasteiger charge is -2.14.